The van der Waals surface area contributed by atoms with Gasteiger partial charge >= 0.3 is 6.18 Å². The number of benzene rings is 2. The summed E-state index contributed by atoms with van der Waals surface area (Å²) >= 11 is 0. The molecule has 0 bridgehead atoms. The van der Waals surface area contributed by atoms with Gasteiger partial charge in [0.15, 0.2) is 0 Å². The maximum atomic E-state index is 13.3. The molecular formula is C24H25ClF3N3O. The quantitative estimate of drug-likeness (QED) is 0.531. The van der Waals surface area contributed by atoms with Gasteiger partial charge in [-0.25, -0.2) is 0 Å². The maximum Gasteiger partial charge on any atom is 0.433 e. The fourth-order valence-electron chi connectivity index (χ4n) is 3.21. The van der Waals surface area contributed by atoms with E-state index in [1.807, 2.05) is 50.2 Å². The monoisotopic (exact) mass is 463 g/mol. The first kappa shape index (κ1) is 25.4. The van der Waals surface area contributed by atoms with Gasteiger partial charge in [0.25, 0.3) is 0 Å². The normalized spacial score (nSPS) is 12.1. The molecule has 32 heavy (non-hydrogen) atoms. The van der Waals surface area contributed by atoms with Gasteiger partial charge in [-0.15, -0.1) is 12.4 Å². The summed E-state index contributed by atoms with van der Waals surface area (Å²) in [5.74, 6) is -0.283. The van der Waals surface area contributed by atoms with Crippen LogP contribution in [0.5, 0.6) is 0 Å². The molecule has 4 nitrogen and oxygen atoms in total. The van der Waals surface area contributed by atoms with Crippen LogP contribution in [0.3, 0.4) is 0 Å². The zero-order valence-electron chi connectivity index (χ0n) is 17.8. The fourth-order valence-corrected chi connectivity index (χ4v) is 3.21. The predicted molar refractivity (Wildman–Crippen MR) is 122 cm³/mol. The minimum atomic E-state index is -4.48. The summed E-state index contributed by atoms with van der Waals surface area (Å²) < 4.78 is 38.3. The van der Waals surface area contributed by atoms with E-state index < -0.39 is 17.9 Å². The van der Waals surface area contributed by atoms with Gasteiger partial charge in [0.05, 0.1) is 0 Å². The first-order valence-electron chi connectivity index (χ1n) is 9.88. The molecule has 0 saturated heterocycles. The zero-order valence-corrected chi connectivity index (χ0v) is 18.6. The van der Waals surface area contributed by atoms with Gasteiger partial charge in [-0.2, -0.15) is 13.2 Å². The molecule has 0 aliphatic carbocycles. The average Bonchev–Trinajstić information content (AvgIpc) is 2.76. The number of pyridine rings is 1. The van der Waals surface area contributed by atoms with Gasteiger partial charge in [-0.05, 0) is 60.7 Å². The molecule has 8 heteroatoms. The smallest absolute Gasteiger partial charge is 0.316 e. The Bertz CT molecular complexity index is 1040. The van der Waals surface area contributed by atoms with Crippen molar-refractivity contribution in [3.8, 4) is 0 Å². The van der Waals surface area contributed by atoms with E-state index in [1.165, 1.54) is 12.3 Å². The second-order valence-corrected chi connectivity index (χ2v) is 7.45. The third-order valence-corrected chi connectivity index (χ3v) is 5.23. The van der Waals surface area contributed by atoms with E-state index in [1.54, 1.807) is 17.0 Å². The number of carbonyl (C=O) groups is 1. The highest BCUT2D eigenvalue weighted by atomic mass is 35.5. The molecule has 0 aliphatic heterocycles. The van der Waals surface area contributed by atoms with Crippen molar-refractivity contribution in [1.29, 1.82) is 0 Å². The van der Waals surface area contributed by atoms with Crippen molar-refractivity contribution in [1.82, 2.24) is 4.98 Å². The summed E-state index contributed by atoms with van der Waals surface area (Å²) in [6.45, 7) is 4.20. The van der Waals surface area contributed by atoms with E-state index in [0.717, 1.165) is 17.2 Å². The Hall–Kier alpha value is -2.90. The summed E-state index contributed by atoms with van der Waals surface area (Å²) in [6.07, 6.45) is -2.95. The van der Waals surface area contributed by atoms with Crippen LogP contribution >= 0.6 is 12.4 Å². The van der Waals surface area contributed by atoms with Crippen LogP contribution in [0, 0.1) is 13.8 Å². The van der Waals surface area contributed by atoms with Crippen molar-refractivity contribution < 1.29 is 18.0 Å². The van der Waals surface area contributed by atoms with Crippen LogP contribution in [-0.2, 0) is 17.4 Å². The lowest BCUT2D eigenvalue weighted by molar-refractivity contribution is -0.141. The Labute approximate surface area is 191 Å². The Balaban J connectivity index is 0.00000363. The Morgan fingerprint density at radius 2 is 1.72 bits per heavy atom. The number of nitrogens with zero attached hydrogens (tertiary/aromatic N) is 2. The van der Waals surface area contributed by atoms with Gasteiger partial charge < -0.3 is 10.6 Å². The van der Waals surface area contributed by atoms with Crippen LogP contribution < -0.4 is 10.6 Å². The second-order valence-electron chi connectivity index (χ2n) is 7.45. The molecule has 0 aliphatic rings. The van der Waals surface area contributed by atoms with Crippen molar-refractivity contribution in [2.75, 3.05) is 11.4 Å². The molecule has 1 atom stereocenters. The van der Waals surface area contributed by atoms with Gasteiger partial charge in [0.2, 0.25) is 5.91 Å². The molecule has 1 heterocycles. The number of anilines is 1. The lowest BCUT2D eigenvalue weighted by atomic mass is 10.0. The van der Waals surface area contributed by atoms with E-state index in [9.17, 15) is 18.0 Å². The molecule has 2 aromatic carbocycles. The third-order valence-electron chi connectivity index (χ3n) is 5.23. The fraction of sp³-hybridized carbons (Fsp3) is 0.250. The maximum absolute atomic E-state index is 13.3. The molecule has 1 amide bonds. The number of aromatic nitrogens is 1. The van der Waals surface area contributed by atoms with E-state index in [0.29, 0.717) is 23.2 Å². The second kappa shape index (κ2) is 10.6. The van der Waals surface area contributed by atoms with Gasteiger partial charge in [-0.3, -0.25) is 9.78 Å². The summed E-state index contributed by atoms with van der Waals surface area (Å²) in [5, 5.41) is 0. The van der Waals surface area contributed by atoms with Gasteiger partial charge in [-0.1, -0.05) is 42.5 Å². The van der Waals surface area contributed by atoms with Crippen molar-refractivity contribution in [3.05, 3.63) is 94.8 Å². The van der Waals surface area contributed by atoms with E-state index in [4.69, 9.17) is 5.73 Å². The lowest BCUT2D eigenvalue weighted by Gasteiger charge is -2.27. The molecule has 0 unspecified atom stereocenters. The highest BCUT2D eigenvalue weighted by molar-refractivity contribution is 5.97. The summed E-state index contributed by atoms with van der Waals surface area (Å²) in [6, 6.07) is 16.2. The van der Waals surface area contributed by atoms with E-state index in [2.05, 4.69) is 4.98 Å². The van der Waals surface area contributed by atoms with Crippen LogP contribution in [0.1, 0.15) is 34.0 Å². The topological polar surface area (TPSA) is 59.2 Å². The number of carbonyl (C=O) groups excluding carboxylic acids is 1. The van der Waals surface area contributed by atoms with Crippen molar-refractivity contribution in [2.45, 2.75) is 32.5 Å². The summed E-state index contributed by atoms with van der Waals surface area (Å²) in [7, 11) is 0. The van der Waals surface area contributed by atoms with E-state index in [-0.39, 0.29) is 24.9 Å². The molecule has 0 spiro atoms. The summed E-state index contributed by atoms with van der Waals surface area (Å²) in [4.78, 5) is 18.4. The Kier molecular flexibility index (Phi) is 8.41. The van der Waals surface area contributed by atoms with E-state index >= 15 is 0 Å². The van der Waals surface area contributed by atoms with Gasteiger partial charge in [0, 0.05) is 18.4 Å². The van der Waals surface area contributed by atoms with Crippen molar-refractivity contribution in [2.24, 2.45) is 5.73 Å². The SMILES string of the molecule is Cc1ccc(N(CCc2ccc(C(F)(F)F)nc2)C(=O)[C@@H](N)c2ccccc2)cc1C.Cl. The Morgan fingerprint density at radius 3 is 2.28 bits per heavy atom. The number of nitrogens with two attached hydrogens (primary N) is 1. The van der Waals surface area contributed by atoms with Gasteiger partial charge in [0.1, 0.15) is 11.7 Å². The van der Waals surface area contributed by atoms with Crippen LogP contribution in [0.15, 0.2) is 66.9 Å². The average molecular weight is 464 g/mol. The molecular weight excluding hydrogens is 439 g/mol. The lowest BCUT2D eigenvalue weighted by Crippen LogP contribution is -2.40. The molecule has 2 N–H and O–H groups in total. The molecule has 170 valence electrons. The molecule has 0 saturated carbocycles. The first-order chi connectivity index (χ1) is 14.7. The first-order valence-corrected chi connectivity index (χ1v) is 9.88. The molecule has 3 rings (SSSR count). The number of rotatable bonds is 6. The number of hydrogen-bond donors (Lipinski definition) is 1. The molecule has 1 aromatic heterocycles. The van der Waals surface area contributed by atoms with Crippen LogP contribution in [0.2, 0.25) is 0 Å². The largest absolute Gasteiger partial charge is 0.433 e. The zero-order chi connectivity index (χ0) is 22.6. The third kappa shape index (κ3) is 6.08. The number of alkyl halides is 3. The molecule has 0 fully saturated rings. The highest BCUT2D eigenvalue weighted by Crippen LogP contribution is 2.27. The number of halogens is 4. The van der Waals surface area contributed by atoms with Crippen molar-refractivity contribution in [3.63, 3.8) is 0 Å². The van der Waals surface area contributed by atoms with Crippen LogP contribution in [-0.4, -0.2) is 17.4 Å². The Morgan fingerprint density at radius 1 is 1.03 bits per heavy atom. The van der Waals surface area contributed by atoms with Crippen molar-refractivity contribution >= 4 is 24.0 Å². The van der Waals surface area contributed by atoms with Crippen LogP contribution in [0.25, 0.3) is 0 Å². The number of aryl methyl sites for hydroxylation is 2. The number of hydrogen-bond acceptors (Lipinski definition) is 3. The highest BCUT2D eigenvalue weighted by Gasteiger charge is 2.32. The van der Waals surface area contributed by atoms with Crippen LogP contribution in [0.4, 0.5) is 18.9 Å². The minimum absolute atomic E-state index is 0. The number of amides is 1. The minimum Gasteiger partial charge on any atom is -0.316 e. The standard InChI is InChI=1S/C24H24F3N3O.ClH/c1-16-8-10-20(14-17(16)2)30(23(31)22(28)19-6-4-3-5-7-19)13-12-18-9-11-21(29-15-18)24(25,26)27;/h3-11,14-15,22H,12-13,28H2,1-2H3;1H/t22-;/m0./s1. The molecule has 3 aromatic rings. The molecule has 0 radical (unpaired) electrons. The predicted octanol–water partition coefficient (Wildman–Crippen LogP) is 5.41. The summed E-state index contributed by atoms with van der Waals surface area (Å²) in [5.41, 5.74) is 9.42.